The number of hydrogen-bond acceptors (Lipinski definition) is 3. The Morgan fingerprint density at radius 2 is 1.61 bits per heavy atom. The summed E-state index contributed by atoms with van der Waals surface area (Å²) in [7, 11) is 0. The predicted molar refractivity (Wildman–Crippen MR) is 108 cm³/mol. The molecule has 144 valence electrons. The molecule has 6 nitrogen and oxygen atoms in total. The largest absolute Gasteiger partial charge is 0.352 e. The number of carbonyl (C=O) groups is 2. The maximum atomic E-state index is 12.0. The Hall–Kier alpha value is -3.41. The summed E-state index contributed by atoms with van der Waals surface area (Å²) in [5.41, 5.74) is 2.76. The van der Waals surface area contributed by atoms with Gasteiger partial charge in [-0.25, -0.2) is 0 Å². The highest BCUT2D eigenvalue weighted by molar-refractivity contribution is 5.94. The first-order valence-corrected chi connectivity index (χ1v) is 9.36. The number of rotatable bonds is 9. The van der Waals surface area contributed by atoms with Crippen LogP contribution in [0.1, 0.15) is 34.3 Å². The molecule has 0 radical (unpaired) electrons. The molecule has 0 saturated carbocycles. The topological polar surface area (TPSA) is 76.0 Å². The average Bonchev–Trinajstić information content (AvgIpc) is 3.18. The summed E-state index contributed by atoms with van der Waals surface area (Å²) in [6.45, 7) is 1.62. The monoisotopic (exact) mass is 376 g/mol. The second-order valence-corrected chi connectivity index (χ2v) is 6.53. The van der Waals surface area contributed by atoms with Crippen LogP contribution in [0.2, 0.25) is 0 Å². The number of carbonyl (C=O) groups excluding carboxylic acids is 2. The molecule has 2 aromatic carbocycles. The summed E-state index contributed by atoms with van der Waals surface area (Å²) < 4.78 is 1.86. The summed E-state index contributed by atoms with van der Waals surface area (Å²) in [5.74, 6) is -0.156. The fraction of sp³-hybridized carbons (Fsp3) is 0.227. The quantitative estimate of drug-likeness (QED) is 0.564. The Bertz CT molecular complexity index is 891. The molecule has 0 aliphatic carbocycles. The Morgan fingerprint density at radius 3 is 2.36 bits per heavy atom. The fourth-order valence-corrected chi connectivity index (χ4v) is 2.79. The van der Waals surface area contributed by atoms with Gasteiger partial charge in [-0.15, -0.1) is 0 Å². The van der Waals surface area contributed by atoms with Gasteiger partial charge in [0, 0.05) is 36.8 Å². The lowest BCUT2D eigenvalue weighted by atomic mass is 10.2. The van der Waals surface area contributed by atoms with Gasteiger partial charge in [0.25, 0.3) is 5.91 Å². The zero-order valence-corrected chi connectivity index (χ0v) is 15.7. The summed E-state index contributed by atoms with van der Waals surface area (Å²) >= 11 is 0. The lowest BCUT2D eigenvalue weighted by Crippen LogP contribution is -2.27. The normalized spacial score (nSPS) is 10.4. The number of nitrogens with one attached hydrogen (secondary N) is 2. The van der Waals surface area contributed by atoms with Crippen molar-refractivity contribution >= 4 is 11.8 Å². The van der Waals surface area contributed by atoms with Crippen LogP contribution in [0, 0.1) is 0 Å². The van der Waals surface area contributed by atoms with E-state index in [0.29, 0.717) is 38.0 Å². The first-order chi connectivity index (χ1) is 13.7. The van der Waals surface area contributed by atoms with Crippen LogP contribution in [-0.4, -0.2) is 28.1 Å². The molecule has 0 atom stereocenters. The third kappa shape index (κ3) is 6.09. The van der Waals surface area contributed by atoms with Crippen LogP contribution in [0.5, 0.6) is 0 Å². The van der Waals surface area contributed by atoms with E-state index < -0.39 is 0 Å². The van der Waals surface area contributed by atoms with E-state index >= 15 is 0 Å². The zero-order valence-electron chi connectivity index (χ0n) is 15.7. The maximum absolute atomic E-state index is 12.0. The van der Waals surface area contributed by atoms with Gasteiger partial charge >= 0.3 is 0 Å². The number of amides is 2. The van der Waals surface area contributed by atoms with Crippen molar-refractivity contribution in [3.8, 4) is 0 Å². The second kappa shape index (κ2) is 10.1. The minimum Gasteiger partial charge on any atom is -0.352 e. The second-order valence-electron chi connectivity index (χ2n) is 6.53. The lowest BCUT2D eigenvalue weighted by molar-refractivity contribution is -0.121. The van der Waals surface area contributed by atoms with Crippen LogP contribution in [0.15, 0.2) is 73.1 Å². The third-order valence-corrected chi connectivity index (χ3v) is 4.27. The van der Waals surface area contributed by atoms with E-state index in [0.717, 1.165) is 5.56 Å². The van der Waals surface area contributed by atoms with Gasteiger partial charge in [-0.1, -0.05) is 48.5 Å². The summed E-state index contributed by atoms with van der Waals surface area (Å²) in [5, 5.41) is 10.0. The van der Waals surface area contributed by atoms with E-state index in [1.54, 1.807) is 18.3 Å². The molecule has 3 rings (SSSR count). The standard InChI is InChI=1S/C22H24N4O2/c27-21(12-7-13-23-22(28)20-10-5-2-6-11-20)24-14-19-15-25-26(17-19)16-18-8-3-1-4-9-18/h1-6,8-11,15,17H,7,12-14,16H2,(H,23,28)(H,24,27). The molecule has 28 heavy (non-hydrogen) atoms. The Kier molecular flexibility index (Phi) is 6.95. The molecule has 1 aromatic heterocycles. The highest BCUT2D eigenvalue weighted by Gasteiger charge is 2.06. The van der Waals surface area contributed by atoms with Crippen LogP contribution < -0.4 is 10.6 Å². The lowest BCUT2D eigenvalue weighted by Gasteiger charge is -2.06. The van der Waals surface area contributed by atoms with Crippen LogP contribution in [0.3, 0.4) is 0 Å². The molecule has 0 bridgehead atoms. The van der Waals surface area contributed by atoms with Gasteiger partial charge in [-0.2, -0.15) is 5.10 Å². The Labute approximate surface area is 164 Å². The molecule has 2 N–H and O–H groups in total. The average molecular weight is 376 g/mol. The highest BCUT2D eigenvalue weighted by Crippen LogP contribution is 2.04. The van der Waals surface area contributed by atoms with Crippen molar-refractivity contribution in [2.45, 2.75) is 25.9 Å². The molecule has 0 unspecified atom stereocenters. The van der Waals surface area contributed by atoms with E-state index in [9.17, 15) is 9.59 Å². The Balaban J connectivity index is 1.33. The van der Waals surface area contributed by atoms with Gasteiger partial charge < -0.3 is 10.6 Å². The molecule has 0 spiro atoms. The van der Waals surface area contributed by atoms with E-state index in [-0.39, 0.29) is 11.8 Å². The zero-order chi connectivity index (χ0) is 19.6. The SMILES string of the molecule is O=C(CCCNC(=O)c1ccccc1)NCc1cnn(Cc2ccccc2)c1. The van der Waals surface area contributed by atoms with Gasteiger partial charge in [0.2, 0.25) is 5.91 Å². The summed E-state index contributed by atoms with van der Waals surface area (Å²) in [6.07, 6.45) is 4.67. The van der Waals surface area contributed by atoms with Crippen molar-refractivity contribution in [1.29, 1.82) is 0 Å². The molecular formula is C22H24N4O2. The van der Waals surface area contributed by atoms with E-state index in [1.165, 1.54) is 5.56 Å². The van der Waals surface area contributed by atoms with Crippen molar-refractivity contribution < 1.29 is 9.59 Å². The summed E-state index contributed by atoms with van der Waals surface area (Å²) in [6, 6.07) is 19.1. The smallest absolute Gasteiger partial charge is 0.251 e. The van der Waals surface area contributed by atoms with Crippen LogP contribution in [-0.2, 0) is 17.9 Å². The minimum absolute atomic E-state index is 0.0373. The van der Waals surface area contributed by atoms with Crippen molar-refractivity contribution in [2.24, 2.45) is 0 Å². The van der Waals surface area contributed by atoms with E-state index in [1.807, 2.05) is 47.3 Å². The van der Waals surface area contributed by atoms with Crippen molar-refractivity contribution in [3.05, 3.63) is 89.7 Å². The predicted octanol–water partition coefficient (Wildman–Crippen LogP) is 2.76. The van der Waals surface area contributed by atoms with Crippen molar-refractivity contribution in [3.63, 3.8) is 0 Å². The highest BCUT2D eigenvalue weighted by atomic mass is 16.2. The van der Waals surface area contributed by atoms with Gasteiger partial charge in [0.15, 0.2) is 0 Å². The molecule has 6 heteroatoms. The molecule has 0 fully saturated rings. The van der Waals surface area contributed by atoms with Crippen molar-refractivity contribution in [2.75, 3.05) is 6.54 Å². The molecule has 0 aliphatic rings. The van der Waals surface area contributed by atoms with E-state index in [4.69, 9.17) is 0 Å². The summed E-state index contributed by atoms with van der Waals surface area (Å²) in [4.78, 5) is 23.9. The molecule has 1 heterocycles. The maximum Gasteiger partial charge on any atom is 0.251 e. The minimum atomic E-state index is -0.119. The van der Waals surface area contributed by atoms with Gasteiger partial charge in [-0.05, 0) is 24.1 Å². The van der Waals surface area contributed by atoms with E-state index in [2.05, 4.69) is 27.9 Å². The number of benzene rings is 2. The van der Waals surface area contributed by atoms with Crippen LogP contribution in [0.25, 0.3) is 0 Å². The number of hydrogen-bond donors (Lipinski definition) is 2. The Morgan fingerprint density at radius 1 is 0.893 bits per heavy atom. The fourth-order valence-electron chi connectivity index (χ4n) is 2.79. The van der Waals surface area contributed by atoms with Crippen molar-refractivity contribution in [1.82, 2.24) is 20.4 Å². The molecule has 0 aliphatic heterocycles. The third-order valence-electron chi connectivity index (χ3n) is 4.27. The van der Waals surface area contributed by atoms with Crippen LogP contribution >= 0.6 is 0 Å². The van der Waals surface area contributed by atoms with Gasteiger partial charge in [0.05, 0.1) is 12.7 Å². The molecule has 3 aromatic rings. The molecule has 2 amide bonds. The first kappa shape index (κ1) is 19.4. The molecular weight excluding hydrogens is 352 g/mol. The van der Waals surface area contributed by atoms with Gasteiger partial charge in [-0.3, -0.25) is 14.3 Å². The number of nitrogens with zero attached hydrogens (tertiary/aromatic N) is 2. The van der Waals surface area contributed by atoms with Gasteiger partial charge in [0.1, 0.15) is 0 Å². The number of aromatic nitrogens is 2. The molecule has 0 saturated heterocycles. The first-order valence-electron chi connectivity index (χ1n) is 9.36. The van der Waals surface area contributed by atoms with Crippen LogP contribution in [0.4, 0.5) is 0 Å².